The minimum Gasteiger partial charge on any atom is -0.319 e. The summed E-state index contributed by atoms with van der Waals surface area (Å²) in [5.74, 6) is -0.491. The van der Waals surface area contributed by atoms with Gasteiger partial charge in [0.05, 0.1) is 16.8 Å². The molecule has 0 fully saturated rings. The number of thiophene rings is 1. The highest BCUT2D eigenvalue weighted by atomic mass is 32.1. The highest BCUT2D eigenvalue weighted by Gasteiger charge is 2.16. The van der Waals surface area contributed by atoms with Crippen LogP contribution in [0.4, 0.5) is 10.1 Å². The van der Waals surface area contributed by atoms with Gasteiger partial charge in [0.25, 0.3) is 5.91 Å². The van der Waals surface area contributed by atoms with E-state index in [0.29, 0.717) is 10.6 Å². The molecule has 0 saturated heterocycles. The van der Waals surface area contributed by atoms with E-state index in [0.717, 1.165) is 15.6 Å². The molecule has 1 aromatic carbocycles. The van der Waals surface area contributed by atoms with E-state index in [1.54, 1.807) is 30.2 Å². The van der Waals surface area contributed by atoms with Crippen molar-refractivity contribution < 1.29 is 9.18 Å². The molecule has 2 heterocycles. The largest absolute Gasteiger partial charge is 0.319 e. The predicted octanol–water partition coefficient (Wildman–Crippen LogP) is 3.33. The summed E-state index contributed by atoms with van der Waals surface area (Å²) >= 11 is 1.36. The lowest BCUT2D eigenvalue weighted by Gasteiger charge is -2.00. The number of benzene rings is 1. The molecule has 0 saturated carbocycles. The molecule has 3 aromatic rings. The second-order valence-electron chi connectivity index (χ2n) is 4.55. The van der Waals surface area contributed by atoms with E-state index >= 15 is 0 Å². The minimum atomic E-state index is -0.294. The highest BCUT2D eigenvalue weighted by molar-refractivity contribution is 7.21. The zero-order valence-electron chi connectivity index (χ0n) is 11.0. The Kier molecular flexibility index (Phi) is 3.02. The monoisotopic (exact) mass is 289 g/mol. The van der Waals surface area contributed by atoms with Gasteiger partial charge in [0.2, 0.25) is 0 Å². The fourth-order valence-corrected chi connectivity index (χ4v) is 3.17. The maximum absolute atomic E-state index is 13.3. The molecule has 102 valence electrons. The second-order valence-corrected chi connectivity index (χ2v) is 5.61. The van der Waals surface area contributed by atoms with Crippen molar-refractivity contribution in [2.24, 2.45) is 7.05 Å². The van der Waals surface area contributed by atoms with Crippen LogP contribution in [-0.4, -0.2) is 15.7 Å². The summed E-state index contributed by atoms with van der Waals surface area (Å²) in [5.41, 5.74) is 1.44. The van der Waals surface area contributed by atoms with Crippen LogP contribution in [0.2, 0.25) is 0 Å². The summed E-state index contributed by atoms with van der Waals surface area (Å²) in [7, 11) is 1.78. The van der Waals surface area contributed by atoms with Gasteiger partial charge in [-0.2, -0.15) is 5.10 Å². The Morgan fingerprint density at radius 3 is 2.95 bits per heavy atom. The van der Waals surface area contributed by atoms with Crippen LogP contribution in [-0.2, 0) is 7.05 Å². The molecule has 0 atom stereocenters. The number of halogens is 1. The Morgan fingerprint density at radius 2 is 2.25 bits per heavy atom. The quantitative estimate of drug-likeness (QED) is 0.786. The first-order valence-electron chi connectivity index (χ1n) is 6.03. The number of carbonyl (C=O) groups excluding carboxylic acids is 1. The number of amides is 1. The smallest absolute Gasteiger partial charge is 0.266 e. The van der Waals surface area contributed by atoms with Crippen molar-refractivity contribution in [3.05, 3.63) is 46.9 Å². The molecule has 4 nitrogen and oxygen atoms in total. The number of hydrogen-bond acceptors (Lipinski definition) is 3. The fourth-order valence-electron chi connectivity index (χ4n) is 2.08. The average molecular weight is 289 g/mol. The van der Waals surface area contributed by atoms with E-state index in [4.69, 9.17) is 0 Å². The summed E-state index contributed by atoms with van der Waals surface area (Å²) in [6.07, 6.45) is 3.31. The third kappa shape index (κ3) is 2.18. The van der Waals surface area contributed by atoms with Gasteiger partial charge in [-0.05, 0) is 36.1 Å². The first-order valence-corrected chi connectivity index (χ1v) is 6.85. The van der Waals surface area contributed by atoms with Crippen LogP contribution in [0, 0.1) is 12.7 Å². The molecule has 1 amide bonds. The molecule has 0 aliphatic heterocycles. The SMILES string of the molecule is Cc1c(C(=O)Nc2cnn(C)c2)sc2ccc(F)cc12. The Labute approximate surface area is 118 Å². The van der Waals surface area contributed by atoms with Gasteiger partial charge in [0.15, 0.2) is 0 Å². The van der Waals surface area contributed by atoms with Gasteiger partial charge in [-0.1, -0.05) is 0 Å². The Morgan fingerprint density at radius 1 is 1.45 bits per heavy atom. The lowest BCUT2D eigenvalue weighted by atomic mass is 10.1. The van der Waals surface area contributed by atoms with Crippen LogP contribution in [0.5, 0.6) is 0 Å². The molecule has 20 heavy (non-hydrogen) atoms. The minimum absolute atomic E-state index is 0.197. The Balaban J connectivity index is 1.97. The first kappa shape index (κ1) is 12.8. The number of rotatable bonds is 2. The fraction of sp³-hybridized carbons (Fsp3) is 0.143. The topological polar surface area (TPSA) is 46.9 Å². The standard InChI is InChI=1S/C14H12FN3OS/c1-8-11-5-9(15)3-4-12(11)20-13(8)14(19)17-10-6-16-18(2)7-10/h3-7H,1-2H3,(H,17,19). The number of aryl methyl sites for hydroxylation is 2. The maximum atomic E-state index is 13.3. The lowest BCUT2D eigenvalue weighted by molar-refractivity contribution is 0.103. The van der Waals surface area contributed by atoms with Crippen LogP contribution < -0.4 is 5.32 Å². The molecular weight excluding hydrogens is 277 g/mol. The van der Waals surface area contributed by atoms with E-state index in [9.17, 15) is 9.18 Å². The molecule has 0 spiro atoms. The molecule has 0 bridgehead atoms. The summed E-state index contributed by atoms with van der Waals surface area (Å²) in [6.45, 7) is 1.83. The maximum Gasteiger partial charge on any atom is 0.266 e. The third-order valence-corrected chi connectivity index (χ3v) is 4.34. The van der Waals surface area contributed by atoms with Crippen molar-refractivity contribution in [1.29, 1.82) is 0 Å². The van der Waals surface area contributed by atoms with Crippen LogP contribution >= 0.6 is 11.3 Å². The van der Waals surface area contributed by atoms with Gasteiger partial charge in [0.1, 0.15) is 5.82 Å². The van der Waals surface area contributed by atoms with E-state index in [1.165, 1.54) is 23.5 Å². The molecule has 6 heteroatoms. The first-order chi connectivity index (χ1) is 9.54. The van der Waals surface area contributed by atoms with Crippen molar-refractivity contribution in [1.82, 2.24) is 9.78 Å². The van der Waals surface area contributed by atoms with Crippen molar-refractivity contribution >= 4 is 33.0 Å². The van der Waals surface area contributed by atoms with Gasteiger partial charge < -0.3 is 5.32 Å². The molecule has 0 unspecified atom stereocenters. The van der Waals surface area contributed by atoms with Gasteiger partial charge >= 0.3 is 0 Å². The number of carbonyl (C=O) groups is 1. The molecule has 3 rings (SSSR count). The van der Waals surface area contributed by atoms with E-state index < -0.39 is 0 Å². The van der Waals surface area contributed by atoms with Crippen molar-refractivity contribution in [2.45, 2.75) is 6.92 Å². The summed E-state index contributed by atoms with van der Waals surface area (Å²) in [4.78, 5) is 12.9. The van der Waals surface area contributed by atoms with Gasteiger partial charge in [-0.25, -0.2) is 4.39 Å². The van der Waals surface area contributed by atoms with Crippen molar-refractivity contribution in [2.75, 3.05) is 5.32 Å². The Bertz CT molecular complexity index is 806. The molecule has 1 N–H and O–H groups in total. The third-order valence-electron chi connectivity index (χ3n) is 3.07. The van der Waals surface area contributed by atoms with E-state index in [2.05, 4.69) is 10.4 Å². The predicted molar refractivity (Wildman–Crippen MR) is 77.7 cm³/mol. The second kappa shape index (κ2) is 4.72. The molecule has 0 aliphatic rings. The van der Waals surface area contributed by atoms with E-state index in [1.807, 2.05) is 6.92 Å². The normalized spacial score (nSPS) is 10.9. The van der Waals surface area contributed by atoms with E-state index in [-0.39, 0.29) is 11.7 Å². The average Bonchev–Trinajstić information content (AvgIpc) is 2.94. The molecular formula is C14H12FN3OS. The summed E-state index contributed by atoms with van der Waals surface area (Å²) in [6, 6.07) is 4.56. The Hall–Kier alpha value is -2.21. The van der Waals surface area contributed by atoms with Crippen LogP contribution in [0.25, 0.3) is 10.1 Å². The number of hydrogen-bond donors (Lipinski definition) is 1. The molecule has 2 aromatic heterocycles. The highest BCUT2D eigenvalue weighted by Crippen LogP contribution is 2.31. The summed E-state index contributed by atoms with van der Waals surface area (Å²) < 4.78 is 15.8. The summed E-state index contributed by atoms with van der Waals surface area (Å²) in [5, 5.41) is 7.57. The number of nitrogens with one attached hydrogen (secondary N) is 1. The molecule has 0 radical (unpaired) electrons. The zero-order valence-corrected chi connectivity index (χ0v) is 11.8. The van der Waals surface area contributed by atoms with Crippen molar-refractivity contribution in [3.8, 4) is 0 Å². The van der Waals surface area contributed by atoms with Gasteiger partial charge in [-0.15, -0.1) is 11.3 Å². The zero-order chi connectivity index (χ0) is 14.3. The lowest BCUT2D eigenvalue weighted by Crippen LogP contribution is -2.10. The number of fused-ring (bicyclic) bond motifs is 1. The number of anilines is 1. The number of nitrogens with zero attached hydrogens (tertiary/aromatic N) is 2. The number of aromatic nitrogens is 2. The molecule has 0 aliphatic carbocycles. The van der Waals surface area contributed by atoms with Gasteiger partial charge in [0, 0.05) is 17.9 Å². The van der Waals surface area contributed by atoms with Crippen molar-refractivity contribution in [3.63, 3.8) is 0 Å². The van der Waals surface area contributed by atoms with Crippen LogP contribution in [0.3, 0.4) is 0 Å². The van der Waals surface area contributed by atoms with Crippen LogP contribution in [0.1, 0.15) is 15.2 Å². The van der Waals surface area contributed by atoms with Crippen LogP contribution in [0.15, 0.2) is 30.6 Å². The van der Waals surface area contributed by atoms with Gasteiger partial charge in [-0.3, -0.25) is 9.48 Å².